The molecule has 4 rings (SSSR count). The van der Waals surface area contributed by atoms with Gasteiger partial charge < -0.3 is 5.32 Å². The minimum atomic E-state index is -0.687. The monoisotopic (exact) mass is 453 g/mol. The predicted octanol–water partition coefficient (Wildman–Crippen LogP) is 5.09. The lowest BCUT2D eigenvalue weighted by atomic mass is 10.2. The van der Waals surface area contributed by atoms with Crippen molar-refractivity contribution in [2.75, 3.05) is 5.32 Å². The first-order valence-electron chi connectivity index (χ1n) is 8.65. The van der Waals surface area contributed by atoms with Gasteiger partial charge in [0, 0.05) is 15.0 Å². The Morgan fingerprint density at radius 2 is 1.86 bits per heavy atom. The molecule has 0 saturated heterocycles. The van der Waals surface area contributed by atoms with Gasteiger partial charge in [0.05, 0.1) is 11.7 Å². The van der Waals surface area contributed by atoms with Crippen LogP contribution in [0, 0.1) is 0 Å². The van der Waals surface area contributed by atoms with Crippen molar-refractivity contribution in [3.05, 3.63) is 81.8 Å². The Morgan fingerprint density at radius 3 is 2.57 bits per heavy atom. The number of hydrogen-bond acceptors (Lipinski definition) is 4. The number of aromatic nitrogens is 2. The smallest absolute Gasteiger partial charge is 0.262 e. The lowest BCUT2D eigenvalue weighted by molar-refractivity contribution is -0.118. The quantitative estimate of drug-likeness (QED) is 0.468. The van der Waals surface area contributed by atoms with E-state index in [-0.39, 0.29) is 11.5 Å². The number of nitrogens with zero attached hydrogens (tertiary/aromatic N) is 2. The third kappa shape index (κ3) is 3.63. The molecule has 0 aliphatic heterocycles. The third-order valence-corrected chi connectivity index (χ3v) is 6.06. The summed E-state index contributed by atoms with van der Waals surface area (Å²) in [5, 5.41) is 3.35. The number of fused-ring (bicyclic) bond motifs is 1. The summed E-state index contributed by atoms with van der Waals surface area (Å²) < 4.78 is 2.30. The molecule has 2 aromatic heterocycles. The van der Waals surface area contributed by atoms with Crippen molar-refractivity contribution >= 4 is 49.1 Å². The van der Waals surface area contributed by atoms with Gasteiger partial charge in [-0.2, -0.15) is 0 Å². The number of thiophene rings is 1. The number of halogens is 1. The van der Waals surface area contributed by atoms with Crippen LogP contribution in [0.2, 0.25) is 0 Å². The maximum atomic E-state index is 13.0. The predicted molar refractivity (Wildman–Crippen MR) is 117 cm³/mol. The number of anilines is 1. The molecule has 7 heteroatoms. The van der Waals surface area contributed by atoms with Gasteiger partial charge in [0.2, 0.25) is 5.91 Å². The Morgan fingerprint density at radius 1 is 1.14 bits per heavy atom. The summed E-state index contributed by atoms with van der Waals surface area (Å²) in [7, 11) is 0. The number of carbonyl (C=O) groups excluding carboxylic acids is 1. The van der Waals surface area contributed by atoms with Crippen LogP contribution in [0.15, 0.2) is 76.3 Å². The summed E-state index contributed by atoms with van der Waals surface area (Å²) in [6, 6.07) is 18.3. The first-order valence-corrected chi connectivity index (χ1v) is 10.3. The molecule has 4 aromatic rings. The van der Waals surface area contributed by atoms with E-state index >= 15 is 0 Å². The average molecular weight is 454 g/mol. The number of carbonyl (C=O) groups is 1. The van der Waals surface area contributed by atoms with Crippen LogP contribution in [-0.2, 0) is 4.79 Å². The molecule has 28 heavy (non-hydrogen) atoms. The van der Waals surface area contributed by atoms with Gasteiger partial charge in [-0.05, 0) is 42.8 Å². The summed E-state index contributed by atoms with van der Waals surface area (Å²) in [5.74, 6) is -0.274. The van der Waals surface area contributed by atoms with E-state index < -0.39 is 6.04 Å². The summed E-state index contributed by atoms with van der Waals surface area (Å²) >= 11 is 4.83. The molecule has 0 aliphatic rings. The molecule has 0 saturated carbocycles. The highest BCUT2D eigenvalue weighted by Crippen LogP contribution is 2.30. The molecule has 1 amide bonds. The fourth-order valence-corrected chi connectivity index (χ4v) is 4.12. The largest absolute Gasteiger partial charge is 0.324 e. The van der Waals surface area contributed by atoms with Gasteiger partial charge in [0.15, 0.2) is 0 Å². The summed E-state index contributed by atoms with van der Waals surface area (Å²) in [4.78, 5) is 31.6. The van der Waals surface area contributed by atoms with Gasteiger partial charge in [-0.3, -0.25) is 14.2 Å². The van der Waals surface area contributed by atoms with E-state index in [0.717, 1.165) is 14.9 Å². The Hall–Kier alpha value is -2.77. The summed E-state index contributed by atoms with van der Waals surface area (Å²) in [6.45, 7) is 1.69. The van der Waals surface area contributed by atoms with Crippen LogP contribution < -0.4 is 10.9 Å². The standard InChI is InChI=1S/C21H16BrN3O2S/c1-13(19(26)24-16-9-7-15(22)8-10-16)25-12-23-20-17(21(25)27)11-18(28-20)14-5-3-2-4-6-14/h2-13H,1H3,(H,24,26). The number of hydrogen-bond donors (Lipinski definition) is 1. The maximum absolute atomic E-state index is 13.0. The molecule has 0 radical (unpaired) electrons. The molecule has 1 atom stereocenters. The second-order valence-electron chi connectivity index (χ2n) is 6.32. The first kappa shape index (κ1) is 18.6. The first-order chi connectivity index (χ1) is 13.5. The van der Waals surface area contributed by atoms with Gasteiger partial charge in [-0.15, -0.1) is 11.3 Å². The average Bonchev–Trinajstić information content (AvgIpc) is 3.15. The molecule has 140 valence electrons. The summed E-state index contributed by atoms with van der Waals surface area (Å²) in [5.41, 5.74) is 1.49. The fourth-order valence-electron chi connectivity index (χ4n) is 2.86. The zero-order chi connectivity index (χ0) is 19.7. The van der Waals surface area contributed by atoms with Crippen LogP contribution in [0.4, 0.5) is 5.69 Å². The minimum Gasteiger partial charge on any atom is -0.324 e. The second kappa shape index (κ2) is 7.69. The zero-order valence-corrected chi connectivity index (χ0v) is 17.3. The van der Waals surface area contributed by atoms with E-state index in [0.29, 0.717) is 15.9 Å². The van der Waals surface area contributed by atoms with Gasteiger partial charge in [-0.1, -0.05) is 46.3 Å². The molecule has 5 nitrogen and oxygen atoms in total. The Bertz CT molecular complexity index is 1200. The van der Waals surface area contributed by atoms with Crippen LogP contribution in [-0.4, -0.2) is 15.5 Å². The van der Waals surface area contributed by atoms with Crippen LogP contribution in [0.5, 0.6) is 0 Å². The Kier molecular flexibility index (Phi) is 5.11. The van der Waals surface area contributed by atoms with Crippen molar-refractivity contribution in [3.63, 3.8) is 0 Å². The molecule has 0 spiro atoms. The second-order valence-corrected chi connectivity index (χ2v) is 8.27. The van der Waals surface area contributed by atoms with Crippen LogP contribution in [0.1, 0.15) is 13.0 Å². The molecular formula is C21H16BrN3O2S. The van der Waals surface area contributed by atoms with E-state index in [2.05, 4.69) is 26.2 Å². The Labute approximate surface area is 173 Å². The molecular weight excluding hydrogens is 438 g/mol. The van der Waals surface area contributed by atoms with Crippen molar-refractivity contribution in [3.8, 4) is 10.4 Å². The molecule has 2 aromatic carbocycles. The van der Waals surface area contributed by atoms with Crippen LogP contribution in [0.3, 0.4) is 0 Å². The van der Waals surface area contributed by atoms with E-state index in [4.69, 9.17) is 0 Å². The van der Waals surface area contributed by atoms with Crippen LogP contribution in [0.25, 0.3) is 20.7 Å². The van der Waals surface area contributed by atoms with Gasteiger partial charge in [-0.25, -0.2) is 4.98 Å². The van der Waals surface area contributed by atoms with Crippen molar-refractivity contribution < 1.29 is 4.79 Å². The highest BCUT2D eigenvalue weighted by Gasteiger charge is 2.19. The van der Waals surface area contributed by atoms with Crippen molar-refractivity contribution in [2.45, 2.75) is 13.0 Å². The van der Waals surface area contributed by atoms with Crippen molar-refractivity contribution in [1.82, 2.24) is 9.55 Å². The summed E-state index contributed by atoms with van der Waals surface area (Å²) in [6.07, 6.45) is 1.45. The van der Waals surface area contributed by atoms with E-state index in [1.54, 1.807) is 19.1 Å². The number of benzene rings is 2. The SMILES string of the molecule is CC(C(=O)Nc1ccc(Br)cc1)n1cnc2sc(-c3ccccc3)cc2c1=O. The Balaban J connectivity index is 1.64. The molecule has 0 bridgehead atoms. The lowest BCUT2D eigenvalue weighted by Crippen LogP contribution is -2.31. The molecule has 1 N–H and O–H groups in total. The normalized spacial score (nSPS) is 12.1. The number of amides is 1. The zero-order valence-electron chi connectivity index (χ0n) is 14.9. The van der Waals surface area contributed by atoms with Gasteiger partial charge in [0.1, 0.15) is 10.9 Å². The maximum Gasteiger partial charge on any atom is 0.262 e. The number of rotatable bonds is 4. The molecule has 2 heterocycles. The van der Waals surface area contributed by atoms with E-state index in [1.807, 2.05) is 48.5 Å². The van der Waals surface area contributed by atoms with E-state index in [9.17, 15) is 9.59 Å². The van der Waals surface area contributed by atoms with Gasteiger partial charge >= 0.3 is 0 Å². The topological polar surface area (TPSA) is 64.0 Å². The highest BCUT2D eigenvalue weighted by atomic mass is 79.9. The van der Waals surface area contributed by atoms with E-state index in [1.165, 1.54) is 22.2 Å². The van der Waals surface area contributed by atoms with Gasteiger partial charge in [0.25, 0.3) is 5.56 Å². The lowest BCUT2D eigenvalue weighted by Gasteiger charge is -2.14. The molecule has 1 unspecified atom stereocenters. The van der Waals surface area contributed by atoms with Crippen LogP contribution >= 0.6 is 27.3 Å². The fraction of sp³-hybridized carbons (Fsp3) is 0.0952. The molecule has 0 fully saturated rings. The third-order valence-electron chi connectivity index (χ3n) is 4.44. The van der Waals surface area contributed by atoms with Crippen molar-refractivity contribution in [2.24, 2.45) is 0 Å². The highest BCUT2D eigenvalue weighted by molar-refractivity contribution is 9.10. The van der Waals surface area contributed by atoms with Crippen molar-refractivity contribution in [1.29, 1.82) is 0 Å². The number of nitrogens with one attached hydrogen (secondary N) is 1. The molecule has 0 aliphatic carbocycles. The minimum absolute atomic E-state index is 0.220.